The van der Waals surface area contributed by atoms with E-state index in [1.807, 2.05) is 36.4 Å². The van der Waals surface area contributed by atoms with Crippen molar-refractivity contribution in [1.82, 2.24) is 9.88 Å². The third-order valence-electron chi connectivity index (χ3n) is 4.40. The van der Waals surface area contributed by atoms with Crippen LogP contribution in [0.5, 0.6) is 5.75 Å². The van der Waals surface area contributed by atoms with E-state index in [1.54, 1.807) is 12.3 Å². The number of fused-ring (bicyclic) bond motifs is 1. The van der Waals surface area contributed by atoms with Crippen molar-refractivity contribution in [1.29, 1.82) is 0 Å². The standard InChI is InChI=1S/C21H24ClN3O/c1-3-4-11-25(2)14-15-12-17(6-8-21(15)26)24-19-9-10-23-20-13-16(22)5-7-18(19)20/h5-10,12-13,26H,3-4,11,14H2,1-2H3,(H,23,24). The van der Waals surface area contributed by atoms with E-state index >= 15 is 0 Å². The number of nitrogens with one attached hydrogen (secondary N) is 1. The van der Waals surface area contributed by atoms with Crippen molar-refractivity contribution < 1.29 is 5.11 Å². The Morgan fingerprint density at radius 3 is 2.81 bits per heavy atom. The predicted molar refractivity (Wildman–Crippen MR) is 109 cm³/mol. The van der Waals surface area contributed by atoms with Crippen LogP contribution in [0.4, 0.5) is 11.4 Å². The van der Waals surface area contributed by atoms with E-state index in [2.05, 4.69) is 29.2 Å². The number of unbranched alkanes of at least 4 members (excludes halogenated alkanes) is 1. The maximum absolute atomic E-state index is 10.2. The fraction of sp³-hybridized carbons (Fsp3) is 0.286. The Hall–Kier alpha value is -2.30. The van der Waals surface area contributed by atoms with Gasteiger partial charge in [0.25, 0.3) is 0 Å². The molecule has 136 valence electrons. The quantitative estimate of drug-likeness (QED) is 0.534. The molecule has 0 aliphatic rings. The zero-order valence-electron chi connectivity index (χ0n) is 15.2. The van der Waals surface area contributed by atoms with Gasteiger partial charge in [-0.15, -0.1) is 0 Å². The van der Waals surface area contributed by atoms with Gasteiger partial charge >= 0.3 is 0 Å². The van der Waals surface area contributed by atoms with Crippen molar-refractivity contribution in [2.45, 2.75) is 26.3 Å². The fourth-order valence-corrected chi connectivity index (χ4v) is 3.14. The van der Waals surface area contributed by atoms with Gasteiger partial charge in [0.15, 0.2) is 0 Å². The summed E-state index contributed by atoms with van der Waals surface area (Å²) in [5.41, 5.74) is 3.66. The first-order chi connectivity index (χ1) is 12.6. The summed E-state index contributed by atoms with van der Waals surface area (Å²) < 4.78 is 0. The molecule has 1 heterocycles. The van der Waals surface area contributed by atoms with Crippen molar-refractivity contribution in [2.24, 2.45) is 0 Å². The van der Waals surface area contributed by atoms with Crippen LogP contribution in [0.3, 0.4) is 0 Å². The maximum atomic E-state index is 10.2. The van der Waals surface area contributed by atoms with Crippen LogP contribution in [0.2, 0.25) is 5.02 Å². The molecule has 0 amide bonds. The van der Waals surface area contributed by atoms with Crippen molar-refractivity contribution in [3.63, 3.8) is 0 Å². The van der Waals surface area contributed by atoms with Crippen LogP contribution in [-0.2, 0) is 6.54 Å². The largest absolute Gasteiger partial charge is 0.508 e. The number of hydrogen-bond acceptors (Lipinski definition) is 4. The molecular weight excluding hydrogens is 346 g/mol. The Labute approximate surface area is 159 Å². The lowest BCUT2D eigenvalue weighted by Gasteiger charge is -2.18. The number of aromatic hydroxyl groups is 1. The van der Waals surface area contributed by atoms with E-state index in [-0.39, 0.29) is 0 Å². The van der Waals surface area contributed by atoms with Gasteiger partial charge in [0.1, 0.15) is 5.75 Å². The van der Waals surface area contributed by atoms with Crippen LogP contribution in [0.1, 0.15) is 25.3 Å². The molecular formula is C21H24ClN3O. The minimum Gasteiger partial charge on any atom is -0.508 e. The van der Waals surface area contributed by atoms with Crippen LogP contribution in [0.15, 0.2) is 48.7 Å². The monoisotopic (exact) mass is 369 g/mol. The summed E-state index contributed by atoms with van der Waals surface area (Å²) >= 11 is 6.06. The van der Waals surface area contributed by atoms with Gasteiger partial charge in [-0.1, -0.05) is 24.9 Å². The molecule has 0 saturated heterocycles. The number of phenolic OH excluding ortho intramolecular Hbond substituents is 1. The minimum atomic E-state index is 0.324. The van der Waals surface area contributed by atoms with Crippen molar-refractivity contribution >= 4 is 33.9 Å². The molecule has 0 spiro atoms. The normalized spacial score (nSPS) is 11.2. The second-order valence-electron chi connectivity index (χ2n) is 6.58. The zero-order valence-corrected chi connectivity index (χ0v) is 15.9. The second-order valence-corrected chi connectivity index (χ2v) is 7.02. The zero-order chi connectivity index (χ0) is 18.5. The van der Waals surface area contributed by atoms with E-state index in [1.165, 1.54) is 0 Å². The molecule has 0 saturated carbocycles. The predicted octanol–water partition coefficient (Wildman–Crippen LogP) is 5.57. The molecule has 4 nitrogen and oxygen atoms in total. The average Bonchev–Trinajstić information content (AvgIpc) is 2.62. The summed E-state index contributed by atoms with van der Waals surface area (Å²) in [6, 6.07) is 13.2. The van der Waals surface area contributed by atoms with Gasteiger partial charge in [0.05, 0.1) is 5.52 Å². The average molecular weight is 370 g/mol. The van der Waals surface area contributed by atoms with Gasteiger partial charge in [0, 0.05) is 40.1 Å². The maximum Gasteiger partial charge on any atom is 0.120 e. The van der Waals surface area contributed by atoms with Gasteiger partial charge in [0.2, 0.25) is 0 Å². The van der Waals surface area contributed by atoms with E-state index in [0.717, 1.165) is 47.2 Å². The molecule has 0 aliphatic carbocycles. The molecule has 0 aliphatic heterocycles. The van der Waals surface area contributed by atoms with Crippen molar-refractivity contribution in [3.05, 3.63) is 59.2 Å². The SMILES string of the molecule is CCCCN(C)Cc1cc(Nc2ccnc3cc(Cl)ccc23)ccc1O. The van der Waals surface area contributed by atoms with Crippen LogP contribution in [-0.4, -0.2) is 28.6 Å². The number of anilines is 2. The van der Waals surface area contributed by atoms with Crippen molar-refractivity contribution in [2.75, 3.05) is 18.9 Å². The van der Waals surface area contributed by atoms with Crippen molar-refractivity contribution in [3.8, 4) is 5.75 Å². The molecule has 0 bridgehead atoms. The Morgan fingerprint density at radius 2 is 2.00 bits per heavy atom. The summed E-state index contributed by atoms with van der Waals surface area (Å²) in [4.78, 5) is 6.60. The number of phenols is 1. The first kappa shape index (κ1) is 18.5. The summed E-state index contributed by atoms with van der Waals surface area (Å²) in [7, 11) is 2.08. The summed E-state index contributed by atoms with van der Waals surface area (Å²) in [6.07, 6.45) is 4.08. The van der Waals surface area contributed by atoms with Gasteiger partial charge in [-0.05, 0) is 62.5 Å². The molecule has 3 rings (SSSR count). The van der Waals surface area contributed by atoms with Gasteiger partial charge in [-0.2, -0.15) is 0 Å². The Balaban J connectivity index is 1.83. The number of hydrogen-bond donors (Lipinski definition) is 2. The lowest BCUT2D eigenvalue weighted by atomic mass is 10.1. The van der Waals surface area contributed by atoms with Crippen LogP contribution >= 0.6 is 11.6 Å². The molecule has 1 aromatic heterocycles. The summed E-state index contributed by atoms with van der Waals surface area (Å²) in [6.45, 7) is 3.92. The highest BCUT2D eigenvalue weighted by Gasteiger charge is 2.08. The highest BCUT2D eigenvalue weighted by Crippen LogP contribution is 2.29. The molecule has 5 heteroatoms. The van der Waals surface area contributed by atoms with E-state index < -0.39 is 0 Å². The first-order valence-electron chi connectivity index (χ1n) is 8.88. The summed E-state index contributed by atoms with van der Waals surface area (Å²) in [5.74, 6) is 0.324. The van der Waals surface area contributed by atoms with Crippen LogP contribution < -0.4 is 5.32 Å². The fourth-order valence-electron chi connectivity index (χ4n) is 2.97. The Bertz CT molecular complexity index is 898. The molecule has 26 heavy (non-hydrogen) atoms. The highest BCUT2D eigenvalue weighted by atomic mass is 35.5. The number of benzene rings is 2. The first-order valence-corrected chi connectivity index (χ1v) is 9.26. The molecule has 0 radical (unpaired) electrons. The van der Waals surface area contributed by atoms with E-state index in [0.29, 0.717) is 17.3 Å². The number of nitrogens with zero attached hydrogens (tertiary/aromatic N) is 2. The minimum absolute atomic E-state index is 0.324. The Kier molecular flexibility index (Phi) is 5.96. The molecule has 3 aromatic rings. The number of halogens is 1. The lowest BCUT2D eigenvalue weighted by Crippen LogP contribution is -2.19. The number of pyridine rings is 1. The van der Waals surface area contributed by atoms with Crippen LogP contribution in [0.25, 0.3) is 10.9 Å². The highest BCUT2D eigenvalue weighted by molar-refractivity contribution is 6.31. The summed E-state index contributed by atoms with van der Waals surface area (Å²) in [5, 5.41) is 15.3. The Morgan fingerprint density at radius 1 is 1.15 bits per heavy atom. The third-order valence-corrected chi connectivity index (χ3v) is 4.63. The molecule has 0 atom stereocenters. The molecule has 0 unspecified atom stereocenters. The van der Waals surface area contributed by atoms with Gasteiger partial charge in [-0.25, -0.2) is 0 Å². The number of aromatic nitrogens is 1. The molecule has 2 aromatic carbocycles. The third kappa shape index (κ3) is 4.45. The van der Waals surface area contributed by atoms with Crippen LogP contribution in [0, 0.1) is 0 Å². The lowest BCUT2D eigenvalue weighted by molar-refractivity contribution is 0.314. The molecule has 2 N–H and O–H groups in total. The van der Waals surface area contributed by atoms with E-state index in [9.17, 15) is 5.11 Å². The van der Waals surface area contributed by atoms with Gasteiger partial charge < -0.3 is 15.3 Å². The van der Waals surface area contributed by atoms with E-state index in [4.69, 9.17) is 11.6 Å². The number of rotatable bonds is 7. The second kappa shape index (κ2) is 8.39. The molecule has 0 fully saturated rings. The van der Waals surface area contributed by atoms with Gasteiger partial charge in [-0.3, -0.25) is 4.98 Å². The smallest absolute Gasteiger partial charge is 0.120 e. The topological polar surface area (TPSA) is 48.4 Å².